The van der Waals surface area contributed by atoms with Gasteiger partial charge in [-0.05, 0) is 43.1 Å². The molecule has 2 aromatic heterocycles. The first-order valence-electron chi connectivity index (χ1n) is 5.40. The molecule has 0 N–H and O–H groups in total. The third-order valence-corrected chi connectivity index (χ3v) is 3.84. The average Bonchev–Trinajstić information content (AvgIpc) is 2.83. The van der Waals surface area contributed by atoms with Gasteiger partial charge in [-0.15, -0.1) is 11.3 Å². The molecule has 0 aliphatic rings. The van der Waals surface area contributed by atoms with Crippen molar-refractivity contribution >= 4 is 11.3 Å². The minimum absolute atomic E-state index is 0.466. The average molecular weight is 232 g/mol. The van der Waals surface area contributed by atoms with Crippen LogP contribution in [0, 0.1) is 0 Å². The van der Waals surface area contributed by atoms with E-state index in [-0.39, 0.29) is 0 Å². The van der Waals surface area contributed by atoms with E-state index >= 15 is 0 Å². The number of rotatable bonds is 4. The van der Waals surface area contributed by atoms with Gasteiger partial charge in [0.05, 0.1) is 0 Å². The first-order chi connectivity index (χ1) is 7.77. The molecule has 2 aromatic rings. The third-order valence-electron chi connectivity index (χ3n) is 2.80. The van der Waals surface area contributed by atoms with Gasteiger partial charge in [-0.1, -0.05) is 6.07 Å². The molecule has 0 aromatic carbocycles. The van der Waals surface area contributed by atoms with Crippen LogP contribution in [0.15, 0.2) is 42.0 Å². The van der Waals surface area contributed by atoms with Gasteiger partial charge < -0.3 is 0 Å². The summed E-state index contributed by atoms with van der Waals surface area (Å²) >= 11 is 1.82. The molecule has 0 aliphatic heterocycles. The van der Waals surface area contributed by atoms with Crippen molar-refractivity contribution in [3.05, 3.63) is 52.5 Å². The molecule has 1 unspecified atom stereocenters. The summed E-state index contributed by atoms with van der Waals surface area (Å²) < 4.78 is 0. The molecule has 0 spiro atoms. The van der Waals surface area contributed by atoms with Crippen molar-refractivity contribution in [3.63, 3.8) is 0 Å². The summed E-state index contributed by atoms with van der Waals surface area (Å²) in [6.07, 6.45) is 3.69. The molecule has 1 atom stereocenters. The van der Waals surface area contributed by atoms with Crippen LogP contribution in [0.1, 0.15) is 23.4 Å². The van der Waals surface area contributed by atoms with E-state index in [1.807, 2.05) is 23.7 Å². The fourth-order valence-corrected chi connectivity index (χ4v) is 2.51. The van der Waals surface area contributed by atoms with E-state index < -0.39 is 0 Å². The Morgan fingerprint density at radius 1 is 1.31 bits per heavy atom. The highest BCUT2D eigenvalue weighted by atomic mass is 32.1. The molecular weight excluding hydrogens is 216 g/mol. The topological polar surface area (TPSA) is 16.1 Å². The van der Waals surface area contributed by atoms with E-state index in [1.165, 1.54) is 10.4 Å². The zero-order valence-electron chi connectivity index (χ0n) is 9.63. The number of hydrogen-bond donors (Lipinski definition) is 0. The summed E-state index contributed by atoms with van der Waals surface area (Å²) in [6.45, 7) is 3.20. The highest BCUT2D eigenvalue weighted by Crippen LogP contribution is 2.24. The van der Waals surface area contributed by atoms with Crippen LogP contribution in [0.3, 0.4) is 0 Å². The van der Waals surface area contributed by atoms with Crippen LogP contribution in [-0.2, 0) is 6.54 Å². The standard InChI is InChI=1S/C13H16N2S/c1-11(13-4-3-9-16-13)15(2)10-12-5-7-14-8-6-12/h3-9,11H,10H2,1-2H3. The Kier molecular flexibility index (Phi) is 3.70. The highest BCUT2D eigenvalue weighted by molar-refractivity contribution is 7.10. The Morgan fingerprint density at radius 3 is 2.69 bits per heavy atom. The van der Waals surface area contributed by atoms with Gasteiger partial charge in [0.25, 0.3) is 0 Å². The molecule has 0 saturated carbocycles. The summed E-state index contributed by atoms with van der Waals surface area (Å²) in [5.74, 6) is 0. The lowest BCUT2D eigenvalue weighted by molar-refractivity contribution is 0.256. The van der Waals surface area contributed by atoms with Crippen molar-refractivity contribution in [1.29, 1.82) is 0 Å². The van der Waals surface area contributed by atoms with Crippen molar-refractivity contribution in [3.8, 4) is 0 Å². The second-order valence-electron chi connectivity index (χ2n) is 3.96. The van der Waals surface area contributed by atoms with E-state index in [1.54, 1.807) is 0 Å². The molecule has 0 bridgehead atoms. The maximum atomic E-state index is 4.03. The Balaban J connectivity index is 2.01. The normalized spacial score (nSPS) is 12.9. The van der Waals surface area contributed by atoms with E-state index in [4.69, 9.17) is 0 Å². The zero-order chi connectivity index (χ0) is 11.4. The van der Waals surface area contributed by atoms with Crippen molar-refractivity contribution in [2.45, 2.75) is 19.5 Å². The van der Waals surface area contributed by atoms with Crippen LogP contribution >= 0.6 is 11.3 Å². The number of thiophene rings is 1. The first-order valence-corrected chi connectivity index (χ1v) is 6.28. The van der Waals surface area contributed by atoms with Gasteiger partial charge in [-0.3, -0.25) is 9.88 Å². The molecule has 3 heteroatoms. The van der Waals surface area contributed by atoms with E-state index in [0.29, 0.717) is 6.04 Å². The van der Waals surface area contributed by atoms with E-state index in [0.717, 1.165) is 6.54 Å². The molecule has 2 heterocycles. The molecule has 0 fully saturated rings. The van der Waals surface area contributed by atoms with Gasteiger partial charge in [0.15, 0.2) is 0 Å². The molecule has 2 rings (SSSR count). The fraction of sp³-hybridized carbons (Fsp3) is 0.308. The summed E-state index contributed by atoms with van der Waals surface area (Å²) in [4.78, 5) is 7.79. The largest absolute Gasteiger partial charge is 0.295 e. The lowest BCUT2D eigenvalue weighted by Crippen LogP contribution is -2.21. The van der Waals surface area contributed by atoms with Crippen molar-refractivity contribution < 1.29 is 0 Å². The van der Waals surface area contributed by atoms with Crippen LogP contribution in [0.4, 0.5) is 0 Å². The van der Waals surface area contributed by atoms with Gasteiger partial charge >= 0.3 is 0 Å². The Bertz CT molecular complexity index is 411. The lowest BCUT2D eigenvalue weighted by Gasteiger charge is -2.23. The second kappa shape index (κ2) is 5.23. The molecule has 2 nitrogen and oxygen atoms in total. The highest BCUT2D eigenvalue weighted by Gasteiger charge is 2.12. The summed E-state index contributed by atoms with van der Waals surface area (Å²) in [6, 6.07) is 8.90. The maximum Gasteiger partial charge on any atom is 0.0413 e. The number of hydrogen-bond acceptors (Lipinski definition) is 3. The van der Waals surface area contributed by atoms with Crippen LogP contribution in [0.5, 0.6) is 0 Å². The van der Waals surface area contributed by atoms with Gasteiger partial charge in [0.1, 0.15) is 0 Å². The Labute approximate surface area is 101 Å². The fourth-order valence-electron chi connectivity index (χ4n) is 1.66. The second-order valence-corrected chi connectivity index (χ2v) is 4.94. The lowest BCUT2D eigenvalue weighted by atomic mass is 10.2. The summed E-state index contributed by atoms with van der Waals surface area (Å²) in [7, 11) is 2.16. The zero-order valence-corrected chi connectivity index (χ0v) is 10.4. The van der Waals surface area contributed by atoms with E-state index in [9.17, 15) is 0 Å². The Morgan fingerprint density at radius 2 is 2.06 bits per heavy atom. The molecule has 0 saturated heterocycles. The number of aromatic nitrogens is 1. The van der Waals surface area contributed by atoms with E-state index in [2.05, 4.69) is 53.5 Å². The molecule has 84 valence electrons. The van der Waals surface area contributed by atoms with Gasteiger partial charge in [-0.25, -0.2) is 0 Å². The predicted octanol–water partition coefficient (Wildman–Crippen LogP) is 3.34. The Hall–Kier alpha value is -1.19. The predicted molar refractivity (Wildman–Crippen MR) is 68.4 cm³/mol. The monoisotopic (exact) mass is 232 g/mol. The van der Waals surface area contributed by atoms with Crippen LogP contribution in [0.2, 0.25) is 0 Å². The smallest absolute Gasteiger partial charge is 0.0413 e. The molecule has 0 aliphatic carbocycles. The van der Waals surface area contributed by atoms with Crippen molar-refractivity contribution in [2.24, 2.45) is 0 Å². The minimum atomic E-state index is 0.466. The van der Waals surface area contributed by atoms with Crippen LogP contribution in [0.25, 0.3) is 0 Å². The first kappa shape index (κ1) is 11.3. The van der Waals surface area contributed by atoms with Gasteiger partial charge in [0, 0.05) is 29.9 Å². The third kappa shape index (κ3) is 2.68. The van der Waals surface area contributed by atoms with Crippen LogP contribution < -0.4 is 0 Å². The quantitative estimate of drug-likeness (QED) is 0.803. The van der Waals surface area contributed by atoms with Gasteiger partial charge in [0.2, 0.25) is 0 Å². The number of nitrogens with zero attached hydrogens (tertiary/aromatic N) is 2. The summed E-state index contributed by atoms with van der Waals surface area (Å²) in [5, 5.41) is 2.13. The summed E-state index contributed by atoms with van der Waals surface area (Å²) in [5.41, 5.74) is 1.31. The maximum absolute atomic E-state index is 4.03. The molecule has 16 heavy (non-hydrogen) atoms. The number of pyridine rings is 1. The molecular formula is C13H16N2S. The minimum Gasteiger partial charge on any atom is -0.295 e. The van der Waals surface area contributed by atoms with Crippen molar-refractivity contribution in [1.82, 2.24) is 9.88 Å². The van der Waals surface area contributed by atoms with Crippen LogP contribution in [-0.4, -0.2) is 16.9 Å². The van der Waals surface area contributed by atoms with Crippen molar-refractivity contribution in [2.75, 3.05) is 7.05 Å². The molecule has 0 radical (unpaired) electrons. The SMILES string of the molecule is CC(c1cccs1)N(C)Cc1ccncc1. The van der Waals surface area contributed by atoms with Gasteiger partial charge in [-0.2, -0.15) is 0 Å². The molecule has 0 amide bonds.